The van der Waals surface area contributed by atoms with Gasteiger partial charge in [-0.2, -0.15) is 0 Å². The summed E-state index contributed by atoms with van der Waals surface area (Å²) in [6.45, 7) is 4.25. The van der Waals surface area contributed by atoms with Gasteiger partial charge in [-0.15, -0.1) is 0 Å². The summed E-state index contributed by atoms with van der Waals surface area (Å²) in [6, 6.07) is 17.1. The van der Waals surface area contributed by atoms with Crippen molar-refractivity contribution in [1.29, 1.82) is 0 Å². The molecule has 1 atom stereocenters. The molecule has 0 fully saturated rings. The maximum absolute atomic E-state index is 10.7. The largest absolute Gasteiger partial charge is 0.269 e. The number of non-ortho nitro benzene ring substituents is 1. The van der Waals surface area contributed by atoms with Crippen molar-refractivity contribution in [2.24, 2.45) is 5.92 Å². The number of rotatable bonds is 6. The smallest absolute Gasteiger partial charge is 0.258 e. The molecule has 0 spiro atoms. The first-order valence-corrected chi connectivity index (χ1v) is 8.04. The third-order valence-electron chi connectivity index (χ3n) is 3.44. The molecule has 2 aromatic rings. The maximum atomic E-state index is 10.7. The Balaban J connectivity index is 2.04. The normalized spacial score (nSPS) is 12.9. The van der Waals surface area contributed by atoms with Gasteiger partial charge in [-0.05, 0) is 41.9 Å². The number of hydrogen-bond donors (Lipinski definition) is 0. The number of nitrogens with zero attached hydrogens (tertiary/aromatic N) is 1. The fraction of sp³-hybridized carbons (Fsp3) is 0.222. The first kappa shape index (κ1) is 16.3. The fourth-order valence-corrected chi connectivity index (χ4v) is 3.23. The van der Waals surface area contributed by atoms with Crippen LogP contribution in [0.15, 0.2) is 70.5 Å². The lowest BCUT2D eigenvalue weighted by molar-refractivity contribution is -0.384. The highest BCUT2D eigenvalue weighted by molar-refractivity contribution is 8.03. The first-order chi connectivity index (χ1) is 10.6. The van der Waals surface area contributed by atoms with E-state index in [1.54, 1.807) is 23.9 Å². The highest BCUT2D eigenvalue weighted by atomic mass is 32.2. The summed E-state index contributed by atoms with van der Waals surface area (Å²) in [5.74, 6) is 0.410. The van der Waals surface area contributed by atoms with Gasteiger partial charge in [0.2, 0.25) is 0 Å². The molecule has 0 amide bonds. The molecule has 0 radical (unpaired) electrons. The Hall–Kier alpha value is -2.07. The summed E-state index contributed by atoms with van der Waals surface area (Å²) in [7, 11) is 0. The van der Waals surface area contributed by atoms with Crippen molar-refractivity contribution in [2.45, 2.75) is 25.2 Å². The second-order valence-electron chi connectivity index (χ2n) is 5.13. The fourth-order valence-electron chi connectivity index (χ4n) is 2.28. The quantitative estimate of drug-likeness (QED) is 0.403. The average Bonchev–Trinajstić information content (AvgIpc) is 2.53. The van der Waals surface area contributed by atoms with Gasteiger partial charge in [-0.1, -0.05) is 55.1 Å². The molecule has 0 aliphatic rings. The van der Waals surface area contributed by atoms with E-state index in [4.69, 9.17) is 0 Å². The lowest BCUT2D eigenvalue weighted by Crippen LogP contribution is -2.01. The number of nitro groups is 1. The van der Waals surface area contributed by atoms with E-state index < -0.39 is 0 Å². The van der Waals surface area contributed by atoms with E-state index in [1.807, 2.05) is 25.1 Å². The SMILES string of the molecule is C/C=C(/Sc1ccc([N+](=O)[O-])cc1)C(C)Cc1ccccc1. The summed E-state index contributed by atoms with van der Waals surface area (Å²) in [6.07, 6.45) is 3.11. The minimum atomic E-state index is -0.372. The first-order valence-electron chi connectivity index (χ1n) is 7.22. The van der Waals surface area contributed by atoms with E-state index in [2.05, 4.69) is 37.3 Å². The molecule has 0 saturated carbocycles. The summed E-state index contributed by atoms with van der Waals surface area (Å²) < 4.78 is 0. The molecule has 0 N–H and O–H groups in total. The number of hydrogen-bond acceptors (Lipinski definition) is 3. The van der Waals surface area contributed by atoms with Crippen LogP contribution in [0, 0.1) is 16.0 Å². The molecule has 2 aromatic carbocycles. The predicted molar refractivity (Wildman–Crippen MR) is 92.0 cm³/mol. The van der Waals surface area contributed by atoms with Crippen LogP contribution in [0.2, 0.25) is 0 Å². The minimum Gasteiger partial charge on any atom is -0.258 e. The van der Waals surface area contributed by atoms with E-state index in [9.17, 15) is 10.1 Å². The maximum Gasteiger partial charge on any atom is 0.269 e. The van der Waals surface area contributed by atoms with E-state index in [0.717, 1.165) is 11.3 Å². The van der Waals surface area contributed by atoms with Crippen molar-refractivity contribution in [3.8, 4) is 0 Å². The third kappa shape index (κ3) is 4.46. The topological polar surface area (TPSA) is 43.1 Å². The summed E-state index contributed by atoms with van der Waals surface area (Å²) in [5.41, 5.74) is 1.45. The molecule has 1 unspecified atom stereocenters. The molecule has 0 aliphatic carbocycles. The van der Waals surface area contributed by atoms with E-state index in [0.29, 0.717) is 5.92 Å². The molecule has 0 heterocycles. The van der Waals surface area contributed by atoms with E-state index in [-0.39, 0.29) is 10.6 Å². The van der Waals surface area contributed by atoms with Crippen LogP contribution in [0.5, 0.6) is 0 Å². The zero-order valence-electron chi connectivity index (χ0n) is 12.7. The van der Waals surface area contributed by atoms with Gasteiger partial charge in [0.05, 0.1) is 4.92 Å². The molecule has 22 heavy (non-hydrogen) atoms. The molecule has 4 heteroatoms. The van der Waals surface area contributed by atoms with E-state index >= 15 is 0 Å². The van der Waals surface area contributed by atoms with Gasteiger partial charge < -0.3 is 0 Å². The van der Waals surface area contributed by atoms with Crippen LogP contribution in [-0.2, 0) is 6.42 Å². The van der Waals surface area contributed by atoms with Crippen LogP contribution in [0.25, 0.3) is 0 Å². The van der Waals surface area contributed by atoms with Crippen LogP contribution >= 0.6 is 11.8 Å². The van der Waals surface area contributed by atoms with Gasteiger partial charge >= 0.3 is 0 Å². The van der Waals surface area contributed by atoms with Crippen LogP contribution in [0.1, 0.15) is 19.4 Å². The molecule has 114 valence electrons. The number of allylic oxidation sites excluding steroid dienone is 2. The van der Waals surface area contributed by atoms with Crippen molar-refractivity contribution < 1.29 is 4.92 Å². The Morgan fingerprint density at radius 1 is 1.18 bits per heavy atom. The van der Waals surface area contributed by atoms with Crippen LogP contribution in [0.4, 0.5) is 5.69 Å². The Bertz CT molecular complexity index is 651. The summed E-state index contributed by atoms with van der Waals surface area (Å²) in [5, 5.41) is 10.7. The zero-order chi connectivity index (χ0) is 15.9. The number of thioether (sulfide) groups is 1. The van der Waals surface area contributed by atoms with Crippen LogP contribution in [0.3, 0.4) is 0 Å². The van der Waals surface area contributed by atoms with E-state index in [1.165, 1.54) is 10.5 Å². The highest BCUT2D eigenvalue weighted by Crippen LogP contribution is 2.34. The standard InChI is InChI=1S/C18H19NO2S/c1-3-18(14(2)13-15-7-5-4-6-8-15)22-17-11-9-16(10-12-17)19(20)21/h3-12,14H,13H2,1-2H3/b18-3+. The molecule has 3 nitrogen and oxygen atoms in total. The van der Waals surface area contributed by atoms with Crippen LogP contribution in [-0.4, -0.2) is 4.92 Å². The zero-order valence-corrected chi connectivity index (χ0v) is 13.5. The highest BCUT2D eigenvalue weighted by Gasteiger charge is 2.12. The minimum absolute atomic E-state index is 0.128. The lowest BCUT2D eigenvalue weighted by Gasteiger charge is -2.15. The van der Waals surface area contributed by atoms with Crippen molar-refractivity contribution in [3.05, 3.63) is 81.3 Å². The Morgan fingerprint density at radius 2 is 1.82 bits per heavy atom. The van der Waals surface area contributed by atoms with Gasteiger partial charge in [0, 0.05) is 17.0 Å². The molecule has 0 bridgehead atoms. The predicted octanol–water partition coefficient (Wildman–Crippen LogP) is 5.47. The second-order valence-corrected chi connectivity index (χ2v) is 6.28. The molecular weight excluding hydrogens is 294 g/mol. The number of benzene rings is 2. The molecule has 2 rings (SSSR count). The third-order valence-corrected chi connectivity index (χ3v) is 4.82. The van der Waals surface area contributed by atoms with Crippen LogP contribution < -0.4 is 0 Å². The van der Waals surface area contributed by atoms with Gasteiger partial charge in [-0.3, -0.25) is 10.1 Å². The van der Waals surface area contributed by atoms with Crippen molar-refractivity contribution in [2.75, 3.05) is 0 Å². The lowest BCUT2D eigenvalue weighted by atomic mass is 10.0. The molecule has 0 saturated heterocycles. The number of nitro benzene ring substituents is 1. The average molecular weight is 313 g/mol. The Kier molecular flexibility index (Phi) is 5.78. The van der Waals surface area contributed by atoms with Gasteiger partial charge in [0.25, 0.3) is 5.69 Å². The second kappa shape index (κ2) is 7.80. The summed E-state index contributed by atoms with van der Waals surface area (Å²) >= 11 is 1.67. The van der Waals surface area contributed by atoms with Crippen molar-refractivity contribution >= 4 is 17.4 Å². The van der Waals surface area contributed by atoms with Crippen molar-refractivity contribution in [1.82, 2.24) is 0 Å². The summed E-state index contributed by atoms with van der Waals surface area (Å²) in [4.78, 5) is 12.6. The van der Waals surface area contributed by atoms with Crippen molar-refractivity contribution in [3.63, 3.8) is 0 Å². The molecular formula is C18H19NO2S. The molecule has 0 aromatic heterocycles. The van der Waals surface area contributed by atoms with Gasteiger partial charge in [-0.25, -0.2) is 0 Å². The Labute approximate surface area is 135 Å². The monoisotopic (exact) mass is 313 g/mol. The van der Waals surface area contributed by atoms with Gasteiger partial charge in [0.1, 0.15) is 0 Å². The van der Waals surface area contributed by atoms with Gasteiger partial charge in [0.15, 0.2) is 0 Å². The Morgan fingerprint density at radius 3 is 2.36 bits per heavy atom. The molecule has 0 aliphatic heterocycles.